The number of anilines is 1. The molecule has 1 fully saturated rings. The highest BCUT2D eigenvalue weighted by atomic mass is 32.2. The molecule has 2 aromatic rings. The van der Waals surface area contributed by atoms with Crippen molar-refractivity contribution in [3.8, 4) is 0 Å². The van der Waals surface area contributed by atoms with E-state index < -0.39 is 34.3 Å². The van der Waals surface area contributed by atoms with Gasteiger partial charge in [-0.1, -0.05) is 0 Å². The van der Waals surface area contributed by atoms with Crippen molar-refractivity contribution < 1.29 is 31.1 Å². The number of amides is 1. The number of morpholine rings is 1. The van der Waals surface area contributed by atoms with Crippen molar-refractivity contribution in [3.63, 3.8) is 0 Å². The zero-order valence-corrected chi connectivity index (χ0v) is 16.3. The van der Waals surface area contributed by atoms with Crippen LogP contribution in [0.15, 0.2) is 35.2 Å². The van der Waals surface area contributed by atoms with Gasteiger partial charge in [0, 0.05) is 18.8 Å². The predicted molar refractivity (Wildman–Crippen MR) is 96.6 cm³/mol. The Kier molecular flexibility index (Phi) is 5.96. The van der Waals surface area contributed by atoms with Crippen molar-refractivity contribution in [2.75, 3.05) is 31.6 Å². The van der Waals surface area contributed by atoms with Gasteiger partial charge in [-0.2, -0.15) is 22.6 Å². The first-order chi connectivity index (χ1) is 13.6. The zero-order valence-electron chi connectivity index (χ0n) is 15.4. The third kappa shape index (κ3) is 4.95. The van der Waals surface area contributed by atoms with E-state index >= 15 is 0 Å². The number of sulfonamides is 1. The van der Waals surface area contributed by atoms with E-state index in [2.05, 4.69) is 10.4 Å². The summed E-state index contributed by atoms with van der Waals surface area (Å²) in [5.74, 6) is -0.720. The minimum Gasteiger partial charge on any atom is -0.379 e. The Hall–Kier alpha value is -2.44. The monoisotopic (exact) mass is 432 g/mol. The van der Waals surface area contributed by atoms with Gasteiger partial charge in [-0.05, 0) is 37.3 Å². The molecule has 0 radical (unpaired) electrons. The maximum absolute atomic E-state index is 13.0. The smallest absolute Gasteiger partial charge is 0.379 e. The molecule has 12 heteroatoms. The summed E-state index contributed by atoms with van der Waals surface area (Å²) in [6.45, 7) is 1.92. The summed E-state index contributed by atoms with van der Waals surface area (Å²) in [7, 11) is -3.67. The van der Waals surface area contributed by atoms with Gasteiger partial charge in [0.15, 0.2) is 0 Å². The molecular formula is C17H19F3N4O4S. The average Bonchev–Trinajstić information content (AvgIpc) is 3.03. The Balaban J connectivity index is 1.68. The van der Waals surface area contributed by atoms with E-state index in [4.69, 9.17) is 4.74 Å². The Morgan fingerprint density at radius 3 is 2.41 bits per heavy atom. The van der Waals surface area contributed by atoms with Crippen LogP contribution < -0.4 is 5.32 Å². The predicted octanol–water partition coefficient (Wildman–Crippen LogP) is 1.87. The molecule has 8 nitrogen and oxygen atoms in total. The number of rotatable bonds is 5. The summed E-state index contributed by atoms with van der Waals surface area (Å²) in [4.78, 5) is 12.2. The lowest BCUT2D eigenvalue weighted by Crippen LogP contribution is -2.40. The number of carbonyl (C=O) groups is 1. The molecule has 0 aliphatic carbocycles. The first-order valence-electron chi connectivity index (χ1n) is 8.67. The summed E-state index contributed by atoms with van der Waals surface area (Å²) in [6, 6.07) is 6.28. The highest BCUT2D eigenvalue weighted by Gasteiger charge is 2.35. The van der Waals surface area contributed by atoms with E-state index in [1.165, 1.54) is 35.5 Å². The second-order valence-corrected chi connectivity index (χ2v) is 8.35. The number of carbonyl (C=O) groups excluding carboxylic acids is 1. The molecule has 2 heterocycles. The second-order valence-electron chi connectivity index (χ2n) is 6.42. The molecule has 0 unspecified atom stereocenters. The van der Waals surface area contributed by atoms with Crippen LogP contribution in [0.2, 0.25) is 0 Å². The van der Waals surface area contributed by atoms with Crippen LogP contribution in [0.25, 0.3) is 0 Å². The molecule has 29 heavy (non-hydrogen) atoms. The third-order valence-electron chi connectivity index (χ3n) is 4.23. The van der Waals surface area contributed by atoms with Gasteiger partial charge in [0.05, 0.1) is 23.8 Å². The quantitative estimate of drug-likeness (QED) is 0.779. The Labute approximate surface area is 165 Å². The number of halogens is 3. The number of hydrogen-bond donors (Lipinski definition) is 1. The van der Waals surface area contributed by atoms with Crippen molar-refractivity contribution in [2.24, 2.45) is 0 Å². The van der Waals surface area contributed by atoms with Crippen LogP contribution in [0.5, 0.6) is 0 Å². The molecule has 0 spiro atoms. The first-order valence-corrected chi connectivity index (χ1v) is 10.1. The van der Waals surface area contributed by atoms with E-state index in [-0.39, 0.29) is 29.4 Å². The Morgan fingerprint density at radius 2 is 1.83 bits per heavy atom. The maximum Gasteiger partial charge on any atom is 0.433 e. The number of nitrogens with zero attached hydrogens (tertiary/aromatic N) is 3. The second kappa shape index (κ2) is 8.13. The van der Waals surface area contributed by atoms with Gasteiger partial charge in [0.1, 0.15) is 12.2 Å². The number of benzene rings is 1. The number of hydrogen-bond acceptors (Lipinski definition) is 5. The van der Waals surface area contributed by atoms with Crippen molar-refractivity contribution in [3.05, 3.63) is 41.7 Å². The van der Waals surface area contributed by atoms with Gasteiger partial charge < -0.3 is 10.1 Å². The maximum atomic E-state index is 13.0. The summed E-state index contributed by atoms with van der Waals surface area (Å²) >= 11 is 0. The lowest BCUT2D eigenvalue weighted by atomic mass is 10.3. The van der Waals surface area contributed by atoms with Gasteiger partial charge in [0.25, 0.3) is 0 Å². The van der Waals surface area contributed by atoms with Gasteiger partial charge in [-0.3, -0.25) is 9.48 Å². The number of nitrogens with one attached hydrogen (secondary N) is 1. The molecule has 0 atom stereocenters. The fraction of sp³-hybridized carbons (Fsp3) is 0.412. The van der Waals surface area contributed by atoms with Crippen LogP contribution >= 0.6 is 0 Å². The minimum absolute atomic E-state index is 0.0551. The average molecular weight is 432 g/mol. The summed E-state index contributed by atoms with van der Waals surface area (Å²) < 4.78 is 71.1. The molecule has 0 bridgehead atoms. The lowest BCUT2D eigenvalue weighted by Gasteiger charge is -2.26. The van der Waals surface area contributed by atoms with Crippen molar-refractivity contribution in [1.82, 2.24) is 14.1 Å². The van der Waals surface area contributed by atoms with Crippen LogP contribution in [0.1, 0.15) is 11.4 Å². The van der Waals surface area contributed by atoms with Gasteiger partial charge in [-0.15, -0.1) is 0 Å². The van der Waals surface area contributed by atoms with Crippen molar-refractivity contribution >= 4 is 21.6 Å². The highest BCUT2D eigenvalue weighted by Crippen LogP contribution is 2.29. The third-order valence-corrected chi connectivity index (χ3v) is 6.14. The minimum atomic E-state index is -4.63. The highest BCUT2D eigenvalue weighted by molar-refractivity contribution is 7.89. The van der Waals surface area contributed by atoms with E-state index in [0.717, 1.165) is 6.07 Å². The normalized spacial score (nSPS) is 16.0. The summed E-state index contributed by atoms with van der Waals surface area (Å²) in [5, 5.41) is 6.14. The van der Waals surface area contributed by atoms with Crippen LogP contribution in [0.4, 0.5) is 18.9 Å². The molecule has 1 aromatic heterocycles. The largest absolute Gasteiger partial charge is 0.433 e. The van der Waals surface area contributed by atoms with E-state index in [0.29, 0.717) is 17.9 Å². The Morgan fingerprint density at radius 1 is 1.21 bits per heavy atom. The van der Waals surface area contributed by atoms with Crippen LogP contribution in [0.3, 0.4) is 0 Å². The lowest BCUT2D eigenvalue weighted by molar-refractivity contribution is -0.144. The molecular weight excluding hydrogens is 413 g/mol. The van der Waals surface area contributed by atoms with Crippen molar-refractivity contribution in [1.29, 1.82) is 0 Å². The van der Waals surface area contributed by atoms with Crippen LogP contribution in [-0.4, -0.2) is 54.7 Å². The number of ether oxygens (including phenoxy) is 1. The molecule has 1 aliphatic heterocycles. The van der Waals surface area contributed by atoms with E-state index in [1.807, 2.05) is 0 Å². The topological polar surface area (TPSA) is 93.5 Å². The molecule has 158 valence electrons. The van der Waals surface area contributed by atoms with Crippen LogP contribution in [0, 0.1) is 6.92 Å². The fourth-order valence-electron chi connectivity index (χ4n) is 2.88. The van der Waals surface area contributed by atoms with E-state index in [9.17, 15) is 26.4 Å². The van der Waals surface area contributed by atoms with Gasteiger partial charge >= 0.3 is 6.18 Å². The summed E-state index contributed by atoms with van der Waals surface area (Å²) in [6.07, 6.45) is -4.63. The molecule has 1 amide bonds. The zero-order chi connectivity index (χ0) is 21.2. The van der Waals surface area contributed by atoms with Crippen molar-refractivity contribution in [2.45, 2.75) is 24.5 Å². The van der Waals surface area contributed by atoms with Gasteiger partial charge in [0.2, 0.25) is 15.9 Å². The first kappa shape index (κ1) is 21.3. The molecule has 1 saturated heterocycles. The molecule has 1 aliphatic rings. The summed E-state index contributed by atoms with van der Waals surface area (Å²) in [5.41, 5.74) is -0.617. The van der Waals surface area contributed by atoms with E-state index in [1.54, 1.807) is 0 Å². The fourth-order valence-corrected chi connectivity index (χ4v) is 4.28. The number of aryl methyl sites for hydroxylation is 1. The number of alkyl halides is 3. The molecule has 3 rings (SSSR count). The SMILES string of the molecule is Cc1cc(C(F)(F)F)n(CC(=O)Nc2ccc(S(=O)(=O)N3CCOCC3)cc2)n1. The van der Waals surface area contributed by atoms with Crippen LogP contribution in [-0.2, 0) is 32.3 Å². The van der Waals surface area contributed by atoms with Gasteiger partial charge in [-0.25, -0.2) is 8.42 Å². The number of aromatic nitrogens is 2. The molecule has 1 aromatic carbocycles. The molecule has 1 N–H and O–H groups in total. The Bertz CT molecular complexity index is 981. The molecule has 0 saturated carbocycles. The standard InChI is InChI=1S/C17H19F3N4O4S/c1-12-10-15(17(18,19)20)24(22-12)11-16(25)21-13-2-4-14(5-3-13)29(26,27)23-6-8-28-9-7-23/h2-5,10H,6-9,11H2,1H3,(H,21,25).